The van der Waals surface area contributed by atoms with Crippen molar-refractivity contribution in [3.63, 3.8) is 0 Å². The van der Waals surface area contributed by atoms with Gasteiger partial charge in [-0.15, -0.1) is 0 Å². The largest absolute Gasteiger partial charge is 0.456 e. The van der Waals surface area contributed by atoms with Gasteiger partial charge in [0.2, 0.25) is 0 Å². The van der Waals surface area contributed by atoms with Crippen molar-refractivity contribution in [3.8, 4) is 0 Å². The highest BCUT2D eigenvalue weighted by Crippen LogP contribution is 2.45. The highest BCUT2D eigenvalue weighted by molar-refractivity contribution is 6.21. The van der Waals surface area contributed by atoms with Gasteiger partial charge in [-0.3, -0.25) is 0 Å². The standard InChI is InChI=1S/C66H38N2O4/c1-3-13-43(14-4-1)67(47-23-27-53-63(37-47)69-57-29-19-39-11-7-9-17-49(39)65(53)57)45-21-25-51-55-31-41-32-56-52-26-22-46(36-62(52)72-60(56)34-42(41)33-59(55)71-61(51)35-45)68(44-15-5-2-6-16-44)48-24-28-54-64(38-48)70-58-30-20-40-12-8-10-18-50(40)66(54)58/h1-38H. The van der Waals surface area contributed by atoms with Crippen LogP contribution < -0.4 is 9.80 Å². The van der Waals surface area contributed by atoms with Crippen LogP contribution in [0.25, 0.3) is 120 Å². The molecule has 6 nitrogen and oxygen atoms in total. The summed E-state index contributed by atoms with van der Waals surface area (Å²) in [6.07, 6.45) is 0. The Balaban J connectivity index is 0.780. The second-order valence-corrected chi connectivity index (χ2v) is 18.8. The minimum Gasteiger partial charge on any atom is -0.456 e. The lowest BCUT2D eigenvalue weighted by Gasteiger charge is -2.25. The van der Waals surface area contributed by atoms with Crippen LogP contribution in [0.1, 0.15) is 0 Å². The van der Waals surface area contributed by atoms with Crippen LogP contribution in [0.4, 0.5) is 34.1 Å². The molecule has 0 unspecified atom stereocenters. The Hall–Kier alpha value is -9.78. The Morgan fingerprint density at radius 2 is 0.542 bits per heavy atom. The van der Waals surface area contributed by atoms with E-state index in [0.717, 1.165) is 133 Å². The molecule has 0 N–H and O–H groups in total. The lowest BCUT2D eigenvalue weighted by Crippen LogP contribution is -2.09. The maximum Gasteiger partial charge on any atom is 0.137 e. The van der Waals surface area contributed by atoms with Gasteiger partial charge in [-0.1, -0.05) is 97.1 Å². The van der Waals surface area contributed by atoms with Crippen LogP contribution in [0.5, 0.6) is 0 Å². The first kappa shape index (κ1) is 39.1. The van der Waals surface area contributed by atoms with E-state index in [1.807, 2.05) is 12.1 Å². The second kappa shape index (κ2) is 14.9. The van der Waals surface area contributed by atoms with E-state index >= 15 is 0 Å². The van der Waals surface area contributed by atoms with Crippen molar-refractivity contribution in [2.75, 3.05) is 9.80 Å². The average molecular weight is 923 g/mol. The summed E-state index contributed by atoms with van der Waals surface area (Å²) >= 11 is 0. The number of nitrogens with zero attached hydrogens (tertiary/aromatic N) is 2. The summed E-state index contributed by atoms with van der Waals surface area (Å²) in [6, 6.07) is 81.2. The summed E-state index contributed by atoms with van der Waals surface area (Å²) in [4.78, 5) is 4.52. The third-order valence-electron chi connectivity index (χ3n) is 14.7. The van der Waals surface area contributed by atoms with Gasteiger partial charge in [-0.2, -0.15) is 0 Å². The van der Waals surface area contributed by atoms with E-state index in [1.165, 1.54) is 21.5 Å². The Bertz CT molecular complexity index is 4580. The van der Waals surface area contributed by atoms with Crippen LogP contribution in [0.15, 0.2) is 248 Å². The first-order chi connectivity index (χ1) is 35.6. The van der Waals surface area contributed by atoms with Crippen molar-refractivity contribution in [2.45, 2.75) is 0 Å². The minimum absolute atomic E-state index is 0.813. The zero-order valence-corrected chi connectivity index (χ0v) is 38.5. The predicted octanol–water partition coefficient (Wildman–Crippen LogP) is 19.7. The first-order valence-electron chi connectivity index (χ1n) is 24.3. The third-order valence-corrected chi connectivity index (χ3v) is 14.7. The zero-order chi connectivity index (χ0) is 47.0. The third kappa shape index (κ3) is 5.84. The molecule has 16 rings (SSSR count). The smallest absolute Gasteiger partial charge is 0.137 e. The lowest BCUT2D eigenvalue weighted by atomic mass is 10.0. The molecular weight excluding hydrogens is 885 g/mol. The molecule has 336 valence electrons. The summed E-state index contributed by atoms with van der Waals surface area (Å²) in [6.45, 7) is 0. The Morgan fingerprint density at radius 1 is 0.194 bits per heavy atom. The van der Waals surface area contributed by atoms with Gasteiger partial charge in [0.15, 0.2) is 0 Å². The van der Waals surface area contributed by atoms with Crippen LogP contribution in [-0.4, -0.2) is 0 Å². The predicted molar refractivity (Wildman–Crippen MR) is 297 cm³/mol. The van der Waals surface area contributed by atoms with E-state index in [2.05, 4.69) is 228 Å². The minimum atomic E-state index is 0.813. The molecule has 0 aliphatic carbocycles. The number of hydrogen-bond acceptors (Lipinski definition) is 6. The molecule has 0 amide bonds. The topological polar surface area (TPSA) is 59.0 Å². The summed E-state index contributed by atoms with van der Waals surface area (Å²) in [5, 5.41) is 15.6. The van der Waals surface area contributed by atoms with Crippen LogP contribution in [0, 0.1) is 0 Å². The molecule has 0 aliphatic rings. The van der Waals surface area contributed by atoms with Crippen LogP contribution in [0.3, 0.4) is 0 Å². The molecule has 0 aliphatic heterocycles. The molecule has 0 atom stereocenters. The normalized spacial score (nSPS) is 12.2. The first-order valence-corrected chi connectivity index (χ1v) is 24.3. The molecule has 0 spiro atoms. The zero-order valence-electron chi connectivity index (χ0n) is 38.5. The number of fused-ring (bicyclic) bond motifs is 17. The second-order valence-electron chi connectivity index (χ2n) is 18.8. The molecule has 72 heavy (non-hydrogen) atoms. The van der Waals surface area contributed by atoms with Gasteiger partial charge in [0.25, 0.3) is 0 Å². The van der Waals surface area contributed by atoms with E-state index in [9.17, 15) is 0 Å². The summed E-state index contributed by atoms with van der Waals surface area (Å²) in [5.41, 5.74) is 12.7. The van der Waals surface area contributed by atoms with E-state index < -0.39 is 0 Å². The van der Waals surface area contributed by atoms with Crippen molar-refractivity contribution in [1.82, 2.24) is 0 Å². The van der Waals surface area contributed by atoms with Crippen molar-refractivity contribution in [3.05, 3.63) is 231 Å². The fraction of sp³-hybridized carbons (Fsp3) is 0. The molecule has 12 aromatic carbocycles. The monoisotopic (exact) mass is 922 g/mol. The lowest BCUT2D eigenvalue weighted by molar-refractivity contribution is 0.668. The Labute approximate surface area is 410 Å². The quantitative estimate of drug-likeness (QED) is 0.166. The van der Waals surface area contributed by atoms with Crippen molar-refractivity contribution >= 4 is 154 Å². The molecule has 4 heterocycles. The number of rotatable bonds is 6. The van der Waals surface area contributed by atoms with Crippen molar-refractivity contribution in [2.24, 2.45) is 0 Å². The number of hydrogen-bond donors (Lipinski definition) is 0. The molecule has 16 aromatic rings. The van der Waals surface area contributed by atoms with Gasteiger partial charge in [-0.25, -0.2) is 0 Å². The van der Waals surface area contributed by atoms with Gasteiger partial charge < -0.3 is 27.5 Å². The maximum atomic E-state index is 6.75. The van der Waals surface area contributed by atoms with E-state index in [-0.39, 0.29) is 0 Å². The van der Waals surface area contributed by atoms with Gasteiger partial charge in [0.1, 0.15) is 44.7 Å². The van der Waals surface area contributed by atoms with Gasteiger partial charge in [0.05, 0.1) is 0 Å². The molecule has 0 radical (unpaired) electrons. The number of furan rings is 4. The van der Waals surface area contributed by atoms with E-state index in [4.69, 9.17) is 17.7 Å². The highest BCUT2D eigenvalue weighted by Gasteiger charge is 2.21. The number of anilines is 6. The van der Waals surface area contributed by atoms with Gasteiger partial charge >= 0.3 is 0 Å². The van der Waals surface area contributed by atoms with Crippen LogP contribution in [0.2, 0.25) is 0 Å². The molecule has 0 fully saturated rings. The molecule has 6 heteroatoms. The average Bonchev–Trinajstić information content (AvgIpc) is 4.19. The summed E-state index contributed by atoms with van der Waals surface area (Å²) in [7, 11) is 0. The Kier molecular flexibility index (Phi) is 8.07. The fourth-order valence-corrected chi connectivity index (χ4v) is 11.4. The van der Waals surface area contributed by atoms with Crippen molar-refractivity contribution < 1.29 is 17.7 Å². The molecule has 0 saturated heterocycles. The number of benzene rings is 12. The molecule has 4 aromatic heterocycles. The van der Waals surface area contributed by atoms with Crippen LogP contribution in [-0.2, 0) is 0 Å². The van der Waals surface area contributed by atoms with E-state index in [1.54, 1.807) is 0 Å². The van der Waals surface area contributed by atoms with E-state index in [0.29, 0.717) is 0 Å². The Morgan fingerprint density at radius 3 is 0.986 bits per heavy atom. The van der Waals surface area contributed by atoms with Crippen molar-refractivity contribution in [1.29, 1.82) is 0 Å². The molecule has 0 saturated carbocycles. The number of para-hydroxylation sites is 2. The summed E-state index contributed by atoms with van der Waals surface area (Å²) < 4.78 is 26.6. The molecule has 0 bridgehead atoms. The fourth-order valence-electron chi connectivity index (χ4n) is 11.4. The molecular formula is C66H38N2O4. The van der Waals surface area contributed by atoms with Gasteiger partial charge in [0, 0.05) is 101 Å². The van der Waals surface area contributed by atoms with Crippen LogP contribution >= 0.6 is 0 Å². The SMILES string of the molecule is c1ccc(N(c2ccc3c(c2)oc2cc4cc5oc6cc(N(c7ccccc7)c7ccc8c(c7)oc7ccc9ccccc9c78)ccc6c5cc4cc23)c2ccc3c(c2)oc2ccc4ccccc4c23)cc1. The summed E-state index contributed by atoms with van der Waals surface area (Å²) in [5.74, 6) is 0. The highest BCUT2D eigenvalue weighted by atomic mass is 16.3. The van der Waals surface area contributed by atoms with Gasteiger partial charge in [-0.05, 0) is 142 Å². The maximum absolute atomic E-state index is 6.75.